The van der Waals surface area contributed by atoms with Gasteiger partial charge >= 0.3 is 5.97 Å². The monoisotopic (exact) mass is 322 g/mol. The van der Waals surface area contributed by atoms with E-state index in [2.05, 4.69) is 9.72 Å². The molecule has 0 aliphatic carbocycles. The lowest BCUT2D eigenvalue weighted by Crippen LogP contribution is -2.23. The Morgan fingerprint density at radius 1 is 1.36 bits per heavy atom. The van der Waals surface area contributed by atoms with E-state index in [1.807, 2.05) is 0 Å². The van der Waals surface area contributed by atoms with Gasteiger partial charge in [0.1, 0.15) is 11.6 Å². The molecular weight excluding hydrogens is 304 g/mol. The van der Waals surface area contributed by atoms with Gasteiger partial charge in [0.25, 0.3) is 5.56 Å². The van der Waals surface area contributed by atoms with E-state index < -0.39 is 0 Å². The van der Waals surface area contributed by atoms with Crippen LogP contribution in [0.5, 0.6) is 5.75 Å². The van der Waals surface area contributed by atoms with Crippen LogP contribution in [0, 0.1) is 6.92 Å². The summed E-state index contributed by atoms with van der Waals surface area (Å²) >= 11 is 1.49. The highest BCUT2D eigenvalue weighted by Crippen LogP contribution is 2.17. The van der Waals surface area contributed by atoms with Crippen LogP contribution in [0.15, 0.2) is 23.0 Å². The summed E-state index contributed by atoms with van der Waals surface area (Å²) in [5.74, 6) is 2.06. The van der Waals surface area contributed by atoms with Crippen LogP contribution in [0.3, 0.4) is 0 Å². The average molecular weight is 322 g/mol. The molecule has 1 aromatic carbocycles. The number of fused-ring (bicyclic) bond motifs is 1. The van der Waals surface area contributed by atoms with Gasteiger partial charge in [0.15, 0.2) is 0 Å². The van der Waals surface area contributed by atoms with Crippen molar-refractivity contribution in [2.24, 2.45) is 0 Å². The summed E-state index contributed by atoms with van der Waals surface area (Å²) in [6, 6.07) is 5.25. The molecular formula is C15H18N2O4S. The lowest BCUT2D eigenvalue weighted by molar-refractivity contribution is -0.140. The molecule has 2 aromatic rings. The summed E-state index contributed by atoms with van der Waals surface area (Å²) in [5.41, 5.74) is 0.547. The van der Waals surface area contributed by atoms with Crippen molar-refractivity contribution in [2.45, 2.75) is 19.2 Å². The Morgan fingerprint density at radius 3 is 2.82 bits per heavy atom. The van der Waals surface area contributed by atoms with Gasteiger partial charge in [-0.05, 0) is 25.1 Å². The first-order chi connectivity index (χ1) is 10.6. The zero-order valence-electron chi connectivity index (χ0n) is 12.8. The van der Waals surface area contributed by atoms with Crippen LogP contribution in [-0.4, -0.2) is 35.5 Å². The number of aryl methyl sites for hydroxylation is 1. The summed E-state index contributed by atoms with van der Waals surface area (Å²) < 4.78 is 11.3. The van der Waals surface area contributed by atoms with Gasteiger partial charge in [-0.15, -0.1) is 11.8 Å². The van der Waals surface area contributed by atoms with Gasteiger partial charge < -0.3 is 9.47 Å². The van der Waals surface area contributed by atoms with E-state index in [0.717, 1.165) is 0 Å². The maximum Gasteiger partial charge on any atom is 0.306 e. The van der Waals surface area contributed by atoms with Gasteiger partial charge in [-0.3, -0.25) is 14.2 Å². The molecule has 0 saturated heterocycles. The molecule has 0 bridgehead atoms. The fourth-order valence-corrected chi connectivity index (χ4v) is 2.93. The van der Waals surface area contributed by atoms with Crippen LogP contribution in [0.1, 0.15) is 12.2 Å². The molecule has 0 fully saturated rings. The van der Waals surface area contributed by atoms with Crippen LogP contribution < -0.4 is 10.3 Å². The van der Waals surface area contributed by atoms with Gasteiger partial charge in [-0.25, -0.2) is 4.98 Å². The van der Waals surface area contributed by atoms with Crippen molar-refractivity contribution < 1.29 is 14.3 Å². The molecule has 0 radical (unpaired) electrons. The summed E-state index contributed by atoms with van der Waals surface area (Å²) in [6.07, 6.45) is 0.323. The third-order valence-electron chi connectivity index (χ3n) is 3.25. The van der Waals surface area contributed by atoms with Crippen molar-refractivity contribution >= 4 is 28.6 Å². The number of esters is 1. The molecule has 0 aliphatic rings. The van der Waals surface area contributed by atoms with Crippen molar-refractivity contribution in [2.75, 3.05) is 20.0 Å². The van der Waals surface area contributed by atoms with Crippen LogP contribution in [0.2, 0.25) is 0 Å². The van der Waals surface area contributed by atoms with Crippen molar-refractivity contribution in [1.82, 2.24) is 9.55 Å². The first kappa shape index (κ1) is 16.4. The summed E-state index contributed by atoms with van der Waals surface area (Å²) in [5, 5.41) is 0.526. The molecule has 0 amide bonds. The highest BCUT2D eigenvalue weighted by Gasteiger charge is 2.09. The number of aromatic nitrogens is 2. The number of thioether (sulfide) groups is 1. The first-order valence-corrected chi connectivity index (χ1v) is 7.92. The number of hydrogen-bond acceptors (Lipinski definition) is 6. The molecule has 0 aliphatic heterocycles. The molecule has 0 atom stereocenters. The first-order valence-electron chi connectivity index (χ1n) is 6.76. The maximum atomic E-state index is 12.6. The number of hydrogen-bond donors (Lipinski definition) is 0. The molecule has 0 unspecified atom stereocenters. The third kappa shape index (κ3) is 3.59. The highest BCUT2D eigenvalue weighted by molar-refractivity contribution is 7.98. The zero-order valence-corrected chi connectivity index (χ0v) is 13.6. The molecule has 0 spiro atoms. The average Bonchev–Trinajstić information content (AvgIpc) is 2.53. The minimum atomic E-state index is -0.252. The van der Waals surface area contributed by atoms with Gasteiger partial charge in [0.2, 0.25) is 0 Å². The SMILES string of the molecule is COC(=O)CCSCn1c(C)nc2ccc(OC)cc2c1=O. The number of carbonyl (C=O) groups is 1. The summed E-state index contributed by atoms with van der Waals surface area (Å²) in [6.45, 7) is 1.80. The molecule has 0 saturated carbocycles. The van der Waals surface area contributed by atoms with Gasteiger partial charge in [-0.1, -0.05) is 0 Å². The Bertz CT molecular complexity index is 742. The van der Waals surface area contributed by atoms with E-state index in [1.54, 1.807) is 36.8 Å². The third-order valence-corrected chi connectivity index (χ3v) is 4.18. The fraction of sp³-hybridized carbons (Fsp3) is 0.400. The molecule has 1 aromatic heterocycles. The lowest BCUT2D eigenvalue weighted by atomic mass is 10.2. The van der Waals surface area contributed by atoms with Crippen molar-refractivity contribution in [3.05, 3.63) is 34.4 Å². The van der Waals surface area contributed by atoms with Crippen LogP contribution in [0.4, 0.5) is 0 Å². The fourth-order valence-electron chi connectivity index (χ4n) is 2.00. The Morgan fingerprint density at radius 2 is 2.14 bits per heavy atom. The minimum Gasteiger partial charge on any atom is -0.497 e. The number of ether oxygens (including phenoxy) is 2. The topological polar surface area (TPSA) is 70.4 Å². The number of nitrogens with zero attached hydrogens (tertiary/aromatic N) is 2. The number of methoxy groups -OCH3 is 2. The lowest BCUT2D eigenvalue weighted by Gasteiger charge is -2.11. The van der Waals surface area contributed by atoms with E-state index in [4.69, 9.17) is 4.74 Å². The van der Waals surface area contributed by atoms with Crippen LogP contribution in [0.25, 0.3) is 10.9 Å². The predicted molar refractivity (Wildman–Crippen MR) is 86.4 cm³/mol. The second-order valence-electron chi connectivity index (χ2n) is 4.64. The van der Waals surface area contributed by atoms with Gasteiger partial charge in [0.05, 0.1) is 37.4 Å². The van der Waals surface area contributed by atoms with E-state index in [9.17, 15) is 9.59 Å². The van der Waals surface area contributed by atoms with Crippen LogP contribution in [-0.2, 0) is 15.4 Å². The van der Waals surface area contributed by atoms with Crippen molar-refractivity contribution in [3.63, 3.8) is 0 Å². The van der Waals surface area contributed by atoms with E-state index in [-0.39, 0.29) is 11.5 Å². The molecule has 0 N–H and O–H groups in total. The van der Waals surface area contributed by atoms with E-state index in [1.165, 1.54) is 18.9 Å². The predicted octanol–water partition coefficient (Wildman–Crippen LogP) is 1.97. The number of carbonyl (C=O) groups excluding carboxylic acids is 1. The smallest absolute Gasteiger partial charge is 0.306 e. The van der Waals surface area contributed by atoms with Crippen molar-refractivity contribution in [3.8, 4) is 5.75 Å². The minimum absolute atomic E-state index is 0.105. The van der Waals surface area contributed by atoms with E-state index in [0.29, 0.717) is 40.5 Å². The normalized spacial score (nSPS) is 10.7. The molecule has 1 heterocycles. The molecule has 118 valence electrons. The number of rotatable bonds is 6. The second-order valence-corrected chi connectivity index (χ2v) is 5.71. The Hall–Kier alpha value is -2.02. The van der Waals surface area contributed by atoms with Gasteiger partial charge in [0, 0.05) is 5.75 Å². The molecule has 7 heteroatoms. The quantitative estimate of drug-likeness (QED) is 0.598. The Kier molecular flexibility index (Phi) is 5.43. The van der Waals surface area contributed by atoms with Gasteiger partial charge in [-0.2, -0.15) is 0 Å². The zero-order chi connectivity index (χ0) is 16.1. The molecule has 2 rings (SSSR count). The van der Waals surface area contributed by atoms with E-state index >= 15 is 0 Å². The standard InChI is InChI=1S/C15H18N2O4S/c1-10-16-13-5-4-11(20-2)8-12(13)15(19)17(10)9-22-7-6-14(18)21-3/h4-5,8H,6-7,9H2,1-3H3. The largest absolute Gasteiger partial charge is 0.497 e. The molecule has 6 nitrogen and oxygen atoms in total. The summed E-state index contributed by atoms with van der Waals surface area (Å²) in [7, 11) is 2.92. The Labute approximate surface area is 132 Å². The van der Waals surface area contributed by atoms with Crippen molar-refractivity contribution in [1.29, 1.82) is 0 Å². The second kappa shape index (κ2) is 7.31. The highest BCUT2D eigenvalue weighted by atomic mass is 32.2. The number of benzene rings is 1. The van der Waals surface area contributed by atoms with Crippen LogP contribution >= 0.6 is 11.8 Å². The maximum absolute atomic E-state index is 12.6. The Balaban J connectivity index is 2.22. The molecule has 22 heavy (non-hydrogen) atoms. The summed E-state index contributed by atoms with van der Waals surface area (Å²) in [4.78, 5) is 28.1.